The van der Waals surface area contributed by atoms with Gasteiger partial charge in [-0.2, -0.15) is 0 Å². The summed E-state index contributed by atoms with van der Waals surface area (Å²) in [6.45, 7) is 0. The molecular formula is C59H40N2. The van der Waals surface area contributed by atoms with Crippen LogP contribution in [0.25, 0.3) is 43.1 Å². The lowest BCUT2D eigenvalue weighted by Gasteiger charge is -2.36. The lowest BCUT2D eigenvalue weighted by atomic mass is 9.67. The topological polar surface area (TPSA) is 6.48 Å². The maximum Gasteiger partial charge on any atom is 0.0715 e. The molecule has 0 saturated heterocycles. The molecule has 0 saturated carbocycles. The van der Waals surface area contributed by atoms with Crippen LogP contribution in [0.5, 0.6) is 0 Å². The first-order valence-electron chi connectivity index (χ1n) is 21.1. The highest BCUT2D eigenvalue weighted by atomic mass is 15.1. The monoisotopic (exact) mass is 776 g/mol. The van der Waals surface area contributed by atoms with Crippen molar-refractivity contribution < 1.29 is 0 Å². The van der Waals surface area contributed by atoms with Crippen LogP contribution in [-0.2, 0) is 5.41 Å². The Morgan fingerprint density at radius 1 is 0.262 bits per heavy atom. The van der Waals surface area contributed by atoms with Gasteiger partial charge in [-0.05, 0) is 115 Å². The molecule has 1 aliphatic rings. The highest BCUT2D eigenvalue weighted by Gasteiger charge is 2.46. The Hall–Kier alpha value is -7.94. The summed E-state index contributed by atoms with van der Waals surface area (Å²) in [5, 5.41) is 9.89. The molecule has 0 atom stereocenters. The van der Waals surface area contributed by atoms with E-state index in [0.29, 0.717) is 0 Å². The summed E-state index contributed by atoms with van der Waals surface area (Å²) in [7, 11) is 0. The van der Waals surface area contributed by atoms with Gasteiger partial charge in [0.2, 0.25) is 0 Å². The molecule has 0 amide bonds. The first kappa shape index (κ1) is 35.0. The van der Waals surface area contributed by atoms with Crippen LogP contribution in [0.4, 0.5) is 34.1 Å². The van der Waals surface area contributed by atoms with Gasteiger partial charge in [0, 0.05) is 33.5 Å². The molecule has 0 spiro atoms. The van der Waals surface area contributed by atoms with E-state index in [1.54, 1.807) is 0 Å². The van der Waals surface area contributed by atoms with Gasteiger partial charge in [-0.1, -0.05) is 182 Å². The van der Waals surface area contributed by atoms with Gasteiger partial charge in [0.15, 0.2) is 0 Å². The molecule has 1 aliphatic carbocycles. The summed E-state index contributed by atoms with van der Waals surface area (Å²) in [6, 6.07) is 89.3. The second-order valence-corrected chi connectivity index (χ2v) is 16.1. The Kier molecular flexibility index (Phi) is 8.11. The minimum absolute atomic E-state index is 0.642. The van der Waals surface area contributed by atoms with Gasteiger partial charge >= 0.3 is 0 Å². The number of hydrogen-bond acceptors (Lipinski definition) is 2. The maximum atomic E-state index is 2.50. The van der Waals surface area contributed by atoms with Crippen molar-refractivity contribution in [2.75, 3.05) is 9.80 Å². The van der Waals surface area contributed by atoms with E-state index >= 15 is 0 Å². The molecule has 0 N–H and O–H groups in total. The van der Waals surface area contributed by atoms with Gasteiger partial charge in [0.25, 0.3) is 0 Å². The fourth-order valence-electron chi connectivity index (χ4n) is 10.3. The Balaban J connectivity index is 1.19. The van der Waals surface area contributed by atoms with Crippen molar-refractivity contribution in [2.45, 2.75) is 5.41 Å². The zero-order valence-corrected chi connectivity index (χ0v) is 33.5. The van der Waals surface area contributed by atoms with Crippen LogP contribution in [0, 0.1) is 0 Å². The lowest BCUT2D eigenvalue weighted by Crippen LogP contribution is -2.29. The molecule has 2 heteroatoms. The molecule has 0 fully saturated rings. The number of para-hydroxylation sites is 2. The third-order valence-corrected chi connectivity index (χ3v) is 12.8. The predicted molar refractivity (Wildman–Crippen MR) is 258 cm³/mol. The predicted octanol–water partition coefficient (Wildman–Crippen LogP) is 15.9. The van der Waals surface area contributed by atoms with Crippen molar-refractivity contribution in [1.82, 2.24) is 0 Å². The van der Waals surface area contributed by atoms with E-state index < -0.39 is 5.41 Å². The minimum Gasteiger partial charge on any atom is -0.310 e. The molecule has 12 rings (SSSR count). The van der Waals surface area contributed by atoms with Crippen molar-refractivity contribution in [3.8, 4) is 0 Å². The van der Waals surface area contributed by atoms with Gasteiger partial charge in [-0.15, -0.1) is 0 Å². The molecule has 0 radical (unpaired) electrons. The van der Waals surface area contributed by atoms with Gasteiger partial charge in [-0.3, -0.25) is 0 Å². The zero-order chi connectivity index (χ0) is 40.3. The average Bonchev–Trinajstić information content (AvgIpc) is 3.63. The Morgan fingerprint density at radius 3 is 1.05 bits per heavy atom. The van der Waals surface area contributed by atoms with Crippen molar-refractivity contribution in [1.29, 1.82) is 0 Å². The highest BCUT2D eigenvalue weighted by molar-refractivity contribution is 6.18. The first-order chi connectivity index (χ1) is 30.3. The number of anilines is 6. The van der Waals surface area contributed by atoms with Crippen LogP contribution < -0.4 is 9.80 Å². The van der Waals surface area contributed by atoms with Crippen LogP contribution in [0.3, 0.4) is 0 Å². The van der Waals surface area contributed by atoms with E-state index in [0.717, 1.165) is 34.1 Å². The first-order valence-corrected chi connectivity index (χ1v) is 21.1. The Morgan fingerprint density at radius 2 is 0.623 bits per heavy atom. The number of benzene rings is 11. The molecule has 0 bridgehead atoms. The molecule has 0 heterocycles. The molecule has 0 unspecified atom stereocenters. The van der Waals surface area contributed by atoms with E-state index in [2.05, 4.69) is 252 Å². The van der Waals surface area contributed by atoms with Crippen molar-refractivity contribution in [2.24, 2.45) is 0 Å². The fourth-order valence-corrected chi connectivity index (χ4v) is 10.3. The number of rotatable bonds is 8. The second kappa shape index (κ2) is 14.1. The van der Waals surface area contributed by atoms with Crippen LogP contribution in [0.1, 0.15) is 22.3 Å². The van der Waals surface area contributed by atoms with Gasteiger partial charge in [-0.25, -0.2) is 0 Å². The van der Waals surface area contributed by atoms with E-state index in [4.69, 9.17) is 0 Å². The smallest absolute Gasteiger partial charge is 0.0715 e. The molecule has 11 aromatic carbocycles. The quantitative estimate of drug-likeness (QED) is 0.142. The molecule has 0 aliphatic heterocycles. The molecule has 11 aromatic rings. The van der Waals surface area contributed by atoms with Crippen molar-refractivity contribution in [3.05, 3.63) is 265 Å². The molecule has 286 valence electrons. The maximum absolute atomic E-state index is 2.50. The Labute approximate surface area is 355 Å². The summed E-state index contributed by atoms with van der Waals surface area (Å²) >= 11 is 0. The SMILES string of the molecule is c1ccc(N(c2cc3c4c(ccc5cc(N(c6ccccc6)c6cccc7ccccc67)cc(c54)C3(c3ccccc3)c3ccccc3)c2)c2cccc3ccccc23)cc1. The third kappa shape index (κ3) is 5.43. The molecule has 2 nitrogen and oxygen atoms in total. The van der Waals surface area contributed by atoms with Crippen molar-refractivity contribution >= 4 is 77.2 Å². The van der Waals surface area contributed by atoms with Crippen LogP contribution >= 0.6 is 0 Å². The summed E-state index contributed by atoms with van der Waals surface area (Å²) in [6.07, 6.45) is 0. The van der Waals surface area contributed by atoms with Gasteiger partial charge in [0.05, 0.1) is 16.8 Å². The fraction of sp³-hybridized carbons (Fsp3) is 0.0169. The normalized spacial score (nSPS) is 12.7. The summed E-state index contributed by atoms with van der Waals surface area (Å²) in [5.41, 5.74) is 11.2. The summed E-state index contributed by atoms with van der Waals surface area (Å²) < 4.78 is 0. The molecule has 61 heavy (non-hydrogen) atoms. The number of nitrogens with zero attached hydrogens (tertiary/aromatic N) is 2. The van der Waals surface area contributed by atoms with E-state index in [-0.39, 0.29) is 0 Å². The third-order valence-electron chi connectivity index (χ3n) is 12.8. The van der Waals surface area contributed by atoms with Gasteiger partial charge < -0.3 is 9.80 Å². The van der Waals surface area contributed by atoms with E-state index in [1.807, 2.05) is 0 Å². The van der Waals surface area contributed by atoms with Crippen LogP contribution in [-0.4, -0.2) is 0 Å². The number of hydrogen-bond donors (Lipinski definition) is 0. The van der Waals surface area contributed by atoms with Crippen LogP contribution in [0.15, 0.2) is 243 Å². The summed E-state index contributed by atoms with van der Waals surface area (Å²) in [5.74, 6) is 0. The lowest BCUT2D eigenvalue weighted by molar-refractivity contribution is 0.771. The van der Waals surface area contributed by atoms with E-state index in [1.165, 1.54) is 65.3 Å². The second-order valence-electron chi connectivity index (χ2n) is 16.1. The zero-order valence-electron chi connectivity index (χ0n) is 33.5. The molecule has 0 aromatic heterocycles. The summed E-state index contributed by atoms with van der Waals surface area (Å²) in [4.78, 5) is 4.91. The molecular weight excluding hydrogens is 737 g/mol. The van der Waals surface area contributed by atoms with E-state index in [9.17, 15) is 0 Å². The van der Waals surface area contributed by atoms with Gasteiger partial charge in [0.1, 0.15) is 0 Å². The number of fused-ring (bicyclic) bond motifs is 2. The highest BCUT2D eigenvalue weighted by Crippen LogP contribution is 2.59. The standard InChI is InChI=1S/C59H40N2/c1-5-23-45(24-6-1)59(46-25-7-2-8-26-46)53-39-49(60(47-27-9-3-10-28-47)55-33-17-21-41-19-13-15-31-51(41)55)37-43-35-36-44-38-50(40-54(59)58(44)57(43)53)61(48-29-11-4-12-30-48)56-34-18-22-42-20-14-16-32-52(42)56/h1-40H. The largest absolute Gasteiger partial charge is 0.310 e. The average molecular weight is 777 g/mol. The minimum atomic E-state index is -0.642. The van der Waals surface area contributed by atoms with Crippen molar-refractivity contribution in [3.63, 3.8) is 0 Å². The van der Waals surface area contributed by atoms with Crippen LogP contribution in [0.2, 0.25) is 0 Å². The Bertz CT molecular complexity index is 3170.